The molecule has 0 saturated carbocycles. The van der Waals surface area contributed by atoms with Crippen LogP contribution in [0.15, 0.2) is 43.0 Å². The van der Waals surface area contributed by atoms with Crippen molar-refractivity contribution in [2.24, 2.45) is 5.41 Å². The van der Waals surface area contributed by atoms with Gasteiger partial charge in [0.1, 0.15) is 0 Å². The Bertz CT molecular complexity index is 700. The van der Waals surface area contributed by atoms with Gasteiger partial charge in [-0.2, -0.15) is 0 Å². The van der Waals surface area contributed by atoms with Crippen LogP contribution in [-0.2, 0) is 27.9 Å². The number of hydrogen-bond acceptors (Lipinski definition) is 3. The molecule has 148 valence electrons. The van der Waals surface area contributed by atoms with Crippen molar-refractivity contribution in [2.45, 2.75) is 71.6 Å². The Balaban J connectivity index is 1.81. The summed E-state index contributed by atoms with van der Waals surface area (Å²) >= 11 is 0. The second-order valence-electron chi connectivity index (χ2n) is 9.05. The van der Waals surface area contributed by atoms with Crippen LogP contribution in [0, 0.1) is 5.41 Å². The number of rotatable bonds is 6. The van der Waals surface area contributed by atoms with Crippen molar-refractivity contribution < 1.29 is 9.47 Å². The Morgan fingerprint density at radius 3 is 2.15 bits per heavy atom. The molecule has 1 aliphatic rings. The molecule has 0 bridgehead atoms. The van der Waals surface area contributed by atoms with Crippen LogP contribution >= 0.6 is 0 Å². The van der Waals surface area contributed by atoms with Crippen molar-refractivity contribution in [3.63, 3.8) is 0 Å². The number of benzene rings is 1. The van der Waals surface area contributed by atoms with Crippen molar-refractivity contribution >= 4 is 0 Å². The zero-order valence-electron chi connectivity index (χ0n) is 17.5. The number of hydrogen-bond donors (Lipinski definition) is 0. The largest absolute Gasteiger partial charge is 0.347 e. The molecule has 1 aromatic heterocycles. The Labute approximate surface area is 163 Å². The number of ether oxygens (including phenoxy) is 2. The van der Waals surface area contributed by atoms with E-state index in [-0.39, 0.29) is 10.8 Å². The van der Waals surface area contributed by atoms with Gasteiger partial charge in [-0.3, -0.25) is 0 Å². The van der Waals surface area contributed by atoms with Crippen LogP contribution < -0.4 is 0 Å². The lowest BCUT2D eigenvalue weighted by atomic mass is 9.82. The van der Waals surface area contributed by atoms with Gasteiger partial charge < -0.3 is 14.0 Å². The molecule has 1 fully saturated rings. The lowest BCUT2D eigenvalue weighted by Crippen LogP contribution is -2.52. The van der Waals surface area contributed by atoms with E-state index in [1.807, 2.05) is 12.5 Å². The van der Waals surface area contributed by atoms with Crippen LogP contribution in [-0.4, -0.2) is 28.6 Å². The summed E-state index contributed by atoms with van der Waals surface area (Å²) in [7, 11) is 0. The molecule has 0 spiro atoms. The molecule has 0 amide bonds. The molecule has 3 rings (SSSR count). The zero-order valence-corrected chi connectivity index (χ0v) is 17.5. The predicted octanol–water partition coefficient (Wildman–Crippen LogP) is 4.97. The molecule has 2 aromatic rings. The minimum Gasteiger partial charge on any atom is -0.347 e. The van der Waals surface area contributed by atoms with Crippen LogP contribution in [0.25, 0.3) is 0 Å². The van der Waals surface area contributed by atoms with Gasteiger partial charge in [-0.1, -0.05) is 58.9 Å². The van der Waals surface area contributed by atoms with Gasteiger partial charge in [0.25, 0.3) is 0 Å². The normalized spacial score (nSPS) is 19.1. The smallest absolute Gasteiger partial charge is 0.190 e. The zero-order chi connectivity index (χ0) is 19.5. The highest BCUT2D eigenvalue weighted by atomic mass is 16.7. The highest BCUT2D eigenvalue weighted by molar-refractivity contribution is 5.28. The van der Waals surface area contributed by atoms with E-state index in [0.717, 1.165) is 32.5 Å². The van der Waals surface area contributed by atoms with E-state index < -0.39 is 5.79 Å². The lowest BCUT2D eigenvalue weighted by molar-refractivity contribution is -0.310. The van der Waals surface area contributed by atoms with Crippen molar-refractivity contribution in [3.05, 3.63) is 54.1 Å². The van der Waals surface area contributed by atoms with Gasteiger partial charge in [-0.25, -0.2) is 4.98 Å². The summed E-state index contributed by atoms with van der Waals surface area (Å²) in [5.41, 5.74) is 2.88. The maximum atomic E-state index is 6.47. The molecular formula is C23H34N2O2. The van der Waals surface area contributed by atoms with Crippen molar-refractivity contribution in [3.8, 4) is 0 Å². The van der Waals surface area contributed by atoms with E-state index in [1.54, 1.807) is 6.20 Å². The average molecular weight is 371 g/mol. The molecule has 4 heteroatoms. The fourth-order valence-corrected chi connectivity index (χ4v) is 3.65. The molecule has 0 atom stereocenters. The summed E-state index contributed by atoms with van der Waals surface area (Å²) in [6.07, 6.45) is 8.49. The van der Waals surface area contributed by atoms with Crippen LogP contribution in [0.3, 0.4) is 0 Å². The van der Waals surface area contributed by atoms with Gasteiger partial charge in [0, 0.05) is 24.2 Å². The molecule has 1 saturated heterocycles. The van der Waals surface area contributed by atoms with E-state index >= 15 is 0 Å². The fraction of sp³-hybridized carbons (Fsp3) is 0.609. The molecule has 0 radical (unpaired) electrons. The molecule has 4 nitrogen and oxygen atoms in total. The maximum absolute atomic E-state index is 6.47. The number of nitrogens with zero attached hydrogens (tertiary/aromatic N) is 2. The fourth-order valence-electron chi connectivity index (χ4n) is 3.65. The molecular weight excluding hydrogens is 336 g/mol. The second kappa shape index (κ2) is 7.76. The highest BCUT2D eigenvalue weighted by Crippen LogP contribution is 2.38. The highest BCUT2D eigenvalue weighted by Gasteiger charge is 2.43. The molecule has 2 heterocycles. The van der Waals surface area contributed by atoms with Crippen LogP contribution in [0.4, 0.5) is 0 Å². The first-order chi connectivity index (χ1) is 12.8. The topological polar surface area (TPSA) is 36.3 Å². The quantitative estimate of drug-likeness (QED) is 0.720. The second-order valence-corrected chi connectivity index (χ2v) is 9.05. The molecule has 0 aliphatic carbocycles. The third-order valence-corrected chi connectivity index (χ3v) is 6.06. The summed E-state index contributed by atoms with van der Waals surface area (Å²) in [4.78, 5) is 4.18. The van der Waals surface area contributed by atoms with Crippen molar-refractivity contribution in [1.82, 2.24) is 9.55 Å². The van der Waals surface area contributed by atoms with E-state index in [4.69, 9.17) is 9.47 Å². The summed E-state index contributed by atoms with van der Waals surface area (Å²) in [5, 5.41) is 0. The van der Waals surface area contributed by atoms with Gasteiger partial charge in [-0.15, -0.1) is 0 Å². The van der Waals surface area contributed by atoms with Crippen molar-refractivity contribution in [1.29, 1.82) is 0 Å². The van der Waals surface area contributed by atoms with Crippen LogP contribution in [0.1, 0.15) is 58.6 Å². The Hall–Kier alpha value is -1.65. The number of aromatic nitrogens is 2. The lowest BCUT2D eigenvalue weighted by Gasteiger charge is -2.46. The minimum atomic E-state index is -0.641. The van der Waals surface area contributed by atoms with Gasteiger partial charge in [-0.05, 0) is 29.4 Å². The Morgan fingerprint density at radius 2 is 1.67 bits per heavy atom. The minimum absolute atomic E-state index is 0.133. The van der Waals surface area contributed by atoms with Gasteiger partial charge in [0.15, 0.2) is 5.79 Å². The van der Waals surface area contributed by atoms with E-state index in [2.05, 4.69) is 68.4 Å². The number of imidazole rings is 1. The standard InChI is InChI=1S/C23H34N2O2/c1-6-22(7-2)16-26-23(27-17-22,15-25-13-12-24-18-25)14-19-8-10-20(11-9-19)21(3,4)5/h8-13,18H,6-7,14-17H2,1-5H3. The van der Waals surface area contributed by atoms with Gasteiger partial charge >= 0.3 is 0 Å². The maximum Gasteiger partial charge on any atom is 0.190 e. The first-order valence-electron chi connectivity index (χ1n) is 10.1. The summed E-state index contributed by atoms with van der Waals surface area (Å²) in [6, 6.07) is 8.88. The Kier molecular flexibility index (Phi) is 5.78. The summed E-state index contributed by atoms with van der Waals surface area (Å²) in [5.74, 6) is -0.641. The molecule has 1 aliphatic heterocycles. The molecule has 0 unspecified atom stereocenters. The third-order valence-electron chi connectivity index (χ3n) is 6.06. The van der Waals surface area contributed by atoms with Crippen molar-refractivity contribution in [2.75, 3.05) is 13.2 Å². The van der Waals surface area contributed by atoms with Crippen LogP contribution in [0.2, 0.25) is 0 Å². The Morgan fingerprint density at radius 1 is 1.04 bits per heavy atom. The monoisotopic (exact) mass is 370 g/mol. The van der Waals surface area contributed by atoms with Crippen LogP contribution in [0.5, 0.6) is 0 Å². The van der Waals surface area contributed by atoms with E-state index in [0.29, 0.717) is 6.54 Å². The van der Waals surface area contributed by atoms with Gasteiger partial charge in [0.2, 0.25) is 0 Å². The SMILES string of the molecule is CCC1(CC)COC(Cc2ccc(C(C)(C)C)cc2)(Cn2ccnc2)OC1. The predicted molar refractivity (Wildman–Crippen MR) is 109 cm³/mol. The van der Waals surface area contributed by atoms with E-state index in [1.165, 1.54) is 11.1 Å². The van der Waals surface area contributed by atoms with Gasteiger partial charge in [0.05, 0.1) is 26.1 Å². The molecule has 1 aromatic carbocycles. The molecule has 0 N–H and O–H groups in total. The van der Waals surface area contributed by atoms with E-state index in [9.17, 15) is 0 Å². The first kappa shape index (κ1) is 20.1. The summed E-state index contributed by atoms with van der Waals surface area (Å²) < 4.78 is 15.0. The summed E-state index contributed by atoms with van der Waals surface area (Å²) in [6.45, 7) is 13.3. The molecule has 27 heavy (non-hydrogen) atoms. The first-order valence-corrected chi connectivity index (χ1v) is 10.1. The third kappa shape index (κ3) is 4.61. The average Bonchev–Trinajstić information content (AvgIpc) is 3.15.